The van der Waals surface area contributed by atoms with E-state index in [1.165, 1.54) is 30.2 Å². The van der Waals surface area contributed by atoms with Crippen LogP contribution in [0.3, 0.4) is 0 Å². The Balaban J connectivity index is 0. The predicted octanol–water partition coefficient (Wildman–Crippen LogP) is 0.430. The Kier molecular flexibility index (Phi) is 13.5. The Morgan fingerprint density at radius 3 is 2.00 bits per heavy atom. The minimum atomic E-state index is 0. The van der Waals surface area contributed by atoms with Crippen LogP contribution in [0.15, 0.2) is 0 Å². The molecule has 0 aliphatic carbocycles. The second-order valence-corrected chi connectivity index (χ2v) is 4.42. The molecule has 0 heterocycles. The van der Waals surface area contributed by atoms with E-state index in [0.717, 1.165) is 11.8 Å². The second kappa shape index (κ2) is 10.3. The van der Waals surface area contributed by atoms with E-state index in [-0.39, 0.29) is 17.0 Å². The van der Waals surface area contributed by atoms with Crippen LogP contribution in [0.1, 0.15) is 46.5 Å². The number of halogens is 1. The van der Waals surface area contributed by atoms with Crippen molar-refractivity contribution in [2.24, 2.45) is 11.8 Å². The summed E-state index contributed by atoms with van der Waals surface area (Å²) in [7, 11) is 0. The van der Waals surface area contributed by atoms with Gasteiger partial charge in [0.15, 0.2) is 0 Å². The van der Waals surface area contributed by atoms with Gasteiger partial charge in [-0.15, -0.1) is 0 Å². The van der Waals surface area contributed by atoms with Crippen molar-refractivity contribution in [1.82, 2.24) is 0 Å². The van der Waals surface area contributed by atoms with Crippen molar-refractivity contribution in [2.75, 3.05) is 0 Å². The zero-order chi connectivity index (χ0) is 8.69. The fraction of sp³-hybridized carbons (Fsp3) is 1.00. The molecule has 0 aliphatic heterocycles. The molecule has 0 nitrogen and oxygen atoms in total. The van der Waals surface area contributed by atoms with Crippen LogP contribution in [0.4, 0.5) is 0 Å². The van der Waals surface area contributed by atoms with Gasteiger partial charge in [-0.25, -0.2) is 0 Å². The van der Waals surface area contributed by atoms with E-state index in [2.05, 4.69) is 42.5 Å². The normalized spacial score (nSPS) is 15.1. The molecule has 0 fully saturated rings. The number of hydrogen-bond acceptors (Lipinski definition) is 0. The van der Waals surface area contributed by atoms with Gasteiger partial charge in [-0.05, 0) is 0 Å². The maximum Gasteiger partial charge on any atom is -1.00 e. The summed E-state index contributed by atoms with van der Waals surface area (Å²) in [6.07, 6.45) is 5.66. The summed E-state index contributed by atoms with van der Waals surface area (Å²) in [4.78, 5) is 0. The quantitative estimate of drug-likeness (QED) is 0.596. The largest absolute Gasteiger partial charge is 1.00 e. The van der Waals surface area contributed by atoms with Crippen molar-refractivity contribution in [2.45, 2.75) is 51.0 Å². The van der Waals surface area contributed by atoms with Crippen LogP contribution in [0, 0.1) is 11.8 Å². The van der Waals surface area contributed by atoms with Gasteiger partial charge in [-0.3, -0.25) is 0 Å². The molecule has 0 spiro atoms. The van der Waals surface area contributed by atoms with Crippen LogP contribution in [-0.4, -0.2) is 21.7 Å². The van der Waals surface area contributed by atoms with Crippen molar-refractivity contribution in [1.29, 1.82) is 0 Å². The first-order chi connectivity index (χ1) is 5.20. The maximum atomic E-state index is 2.36. The summed E-state index contributed by atoms with van der Waals surface area (Å²) in [5, 5.41) is 0. The third kappa shape index (κ3) is 9.34. The first-order valence-corrected chi connectivity index (χ1v) is 5.99. The van der Waals surface area contributed by atoms with E-state index in [1.54, 1.807) is 0 Å². The first-order valence-electron chi connectivity index (χ1n) is 4.99. The topological polar surface area (TPSA) is 0 Å². The van der Waals surface area contributed by atoms with Crippen LogP contribution in [0.25, 0.3) is 0 Å². The summed E-state index contributed by atoms with van der Waals surface area (Å²) in [5.41, 5.74) is 0. The molecule has 0 aliphatic rings. The van der Waals surface area contributed by atoms with E-state index in [0.29, 0.717) is 0 Å². The minimum Gasteiger partial charge on any atom is -1.00 e. The van der Waals surface area contributed by atoms with E-state index in [1.807, 2.05) is 0 Å². The smallest absolute Gasteiger partial charge is 1.00 e. The molecule has 0 saturated heterocycles. The third-order valence-corrected chi connectivity index (χ3v) is 3.57. The van der Waals surface area contributed by atoms with Crippen molar-refractivity contribution >= 4 is 21.7 Å². The van der Waals surface area contributed by atoms with Gasteiger partial charge in [0.1, 0.15) is 0 Å². The maximum absolute atomic E-state index is 2.36. The van der Waals surface area contributed by atoms with Gasteiger partial charge in [0.2, 0.25) is 0 Å². The Bertz CT molecular complexity index is 75.9. The van der Waals surface area contributed by atoms with Gasteiger partial charge < -0.3 is 17.0 Å². The second-order valence-electron chi connectivity index (χ2n) is 3.84. The van der Waals surface area contributed by atoms with E-state index >= 15 is 0 Å². The zero-order valence-corrected chi connectivity index (χ0v) is 11.8. The van der Waals surface area contributed by atoms with Crippen molar-refractivity contribution < 1.29 is 17.0 Å². The van der Waals surface area contributed by atoms with E-state index in [9.17, 15) is 0 Å². The number of hydrogen-bond donors (Lipinski definition) is 0. The summed E-state index contributed by atoms with van der Waals surface area (Å²) in [6, 6.07) is 0. The Morgan fingerprint density at radius 1 is 1.08 bits per heavy atom. The third-order valence-electron chi connectivity index (χ3n) is 2.58. The van der Waals surface area contributed by atoms with Crippen LogP contribution in [0.5, 0.6) is 0 Å². The van der Waals surface area contributed by atoms with Crippen LogP contribution in [0.2, 0.25) is 4.55 Å². The van der Waals surface area contributed by atoms with Crippen LogP contribution in [-0.2, 0) is 0 Å². The molecule has 12 heavy (non-hydrogen) atoms. The van der Waals surface area contributed by atoms with Crippen LogP contribution < -0.4 is 17.0 Å². The molecule has 2 unspecified atom stereocenters. The number of rotatable bonds is 6. The summed E-state index contributed by atoms with van der Waals surface area (Å²) >= 11 is 2.11. The molecule has 0 aromatic carbocycles. The first kappa shape index (κ1) is 15.7. The van der Waals surface area contributed by atoms with Gasteiger partial charge in [0, 0.05) is 0 Å². The SMILES string of the molecule is CCC(C)CCCC(C)[CH2][Mg+].[Br-]. The van der Waals surface area contributed by atoms with Gasteiger partial charge in [-0.1, -0.05) is 0 Å². The van der Waals surface area contributed by atoms with Crippen molar-refractivity contribution in [3.8, 4) is 0 Å². The van der Waals surface area contributed by atoms with Crippen LogP contribution >= 0.6 is 0 Å². The van der Waals surface area contributed by atoms with Gasteiger partial charge in [-0.2, -0.15) is 0 Å². The summed E-state index contributed by atoms with van der Waals surface area (Å²) in [5.74, 6) is 1.90. The zero-order valence-electron chi connectivity index (χ0n) is 8.78. The van der Waals surface area contributed by atoms with Gasteiger partial charge >= 0.3 is 84.5 Å². The molecular formula is C10H21BrMg. The Morgan fingerprint density at radius 2 is 1.58 bits per heavy atom. The fourth-order valence-corrected chi connectivity index (χ4v) is 1.45. The summed E-state index contributed by atoms with van der Waals surface area (Å²) in [6.45, 7) is 7.01. The molecule has 0 aromatic heterocycles. The molecule has 70 valence electrons. The molecule has 2 heteroatoms. The monoisotopic (exact) mass is 244 g/mol. The standard InChI is InChI=1S/C10H21.BrH.Mg/c1-5-10(4)8-6-7-9(2)3;;/h9-10H,2,5-8H2,1,3-4H3;1H;/q;;+1/p-1. The van der Waals surface area contributed by atoms with Crippen molar-refractivity contribution in [3.05, 3.63) is 0 Å². The average molecular weight is 245 g/mol. The van der Waals surface area contributed by atoms with E-state index in [4.69, 9.17) is 0 Å². The molecule has 0 N–H and O–H groups in total. The molecule has 0 bridgehead atoms. The minimum absolute atomic E-state index is 0. The molecule has 0 radical (unpaired) electrons. The molecule has 0 amide bonds. The molecule has 0 aromatic rings. The molecular weight excluding hydrogens is 224 g/mol. The Labute approximate surface area is 101 Å². The summed E-state index contributed by atoms with van der Waals surface area (Å²) < 4.78 is 1.38. The predicted molar refractivity (Wildman–Crippen MR) is 53.0 cm³/mol. The molecule has 0 saturated carbocycles. The van der Waals surface area contributed by atoms with Gasteiger partial charge in [0.05, 0.1) is 0 Å². The average Bonchev–Trinajstić information content (AvgIpc) is 2.04. The molecule has 0 rings (SSSR count). The molecule has 2 atom stereocenters. The van der Waals surface area contributed by atoms with Crippen molar-refractivity contribution in [3.63, 3.8) is 0 Å². The fourth-order valence-electron chi connectivity index (χ4n) is 1.16. The Hall–Kier alpha value is 1.25. The van der Waals surface area contributed by atoms with Gasteiger partial charge in [0.25, 0.3) is 0 Å². The van der Waals surface area contributed by atoms with E-state index < -0.39 is 0 Å².